The smallest absolute Gasteiger partial charge is 0.125 e. The van der Waals surface area contributed by atoms with Crippen molar-refractivity contribution in [1.29, 1.82) is 0 Å². The van der Waals surface area contributed by atoms with Crippen molar-refractivity contribution in [1.82, 2.24) is 0 Å². The van der Waals surface area contributed by atoms with Crippen LogP contribution in [-0.4, -0.2) is 10.2 Å². The summed E-state index contributed by atoms with van der Waals surface area (Å²) in [5.41, 5.74) is 3.90. The third-order valence-electron chi connectivity index (χ3n) is 3.22. The molecule has 0 atom stereocenters. The Labute approximate surface area is 141 Å². The molecule has 0 spiro atoms. The zero-order valence-electron chi connectivity index (χ0n) is 15.1. The Balaban J connectivity index is 0.00000112. The van der Waals surface area contributed by atoms with Crippen LogP contribution in [0.5, 0.6) is 11.5 Å². The fourth-order valence-electron chi connectivity index (χ4n) is 2.18. The minimum atomic E-state index is 0.297. The van der Waals surface area contributed by atoms with Gasteiger partial charge in [0, 0.05) is 5.56 Å². The Bertz CT molecular complexity index is 601. The Hall–Kier alpha value is -2.22. The first-order valence-corrected chi connectivity index (χ1v) is 8.33. The molecule has 0 fully saturated rings. The van der Waals surface area contributed by atoms with Gasteiger partial charge in [0.2, 0.25) is 0 Å². The molecule has 126 valence electrons. The van der Waals surface area contributed by atoms with Gasteiger partial charge in [-0.3, -0.25) is 0 Å². The van der Waals surface area contributed by atoms with Crippen LogP contribution in [0, 0.1) is 6.92 Å². The fraction of sp³-hybridized carbons (Fsp3) is 0.333. The molecule has 0 radical (unpaired) electrons. The second kappa shape index (κ2) is 11.4. The van der Waals surface area contributed by atoms with Crippen LogP contribution in [0.1, 0.15) is 49.9 Å². The summed E-state index contributed by atoms with van der Waals surface area (Å²) >= 11 is 0. The lowest BCUT2D eigenvalue weighted by Crippen LogP contribution is -1.93. The van der Waals surface area contributed by atoms with E-state index in [4.69, 9.17) is 0 Å². The fourth-order valence-corrected chi connectivity index (χ4v) is 2.18. The number of phenolic OH excluding ortho intramolecular Hbond substituents is 2. The number of rotatable bonds is 4. The number of aromatic hydroxyl groups is 2. The topological polar surface area (TPSA) is 40.5 Å². The summed E-state index contributed by atoms with van der Waals surface area (Å²) in [6.07, 6.45) is 3.39. The van der Waals surface area contributed by atoms with Crippen LogP contribution in [0.4, 0.5) is 0 Å². The van der Waals surface area contributed by atoms with E-state index in [0.717, 1.165) is 35.1 Å². The standard InChI is InChI=1S/C17H18O2.2C2H6/c1-3-15-10-14(9-12(2)17(15)19)8-7-13-5-4-6-16(18)11-13;2*1-2/h3-6,9-11,18-19H,1,7-8H2,2H3;2*1-2H3. The molecule has 0 aromatic heterocycles. The molecule has 0 saturated heterocycles. The van der Waals surface area contributed by atoms with Crippen LogP contribution in [-0.2, 0) is 12.8 Å². The molecular formula is C21H30O2. The van der Waals surface area contributed by atoms with Gasteiger partial charge in [0.15, 0.2) is 0 Å². The lowest BCUT2D eigenvalue weighted by atomic mass is 9.99. The highest BCUT2D eigenvalue weighted by Gasteiger charge is 2.05. The van der Waals surface area contributed by atoms with Gasteiger partial charge < -0.3 is 10.2 Å². The van der Waals surface area contributed by atoms with E-state index in [0.29, 0.717) is 11.5 Å². The molecule has 0 aliphatic carbocycles. The molecule has 0 unspecified atom stereocenters. The lowest BCUT2D eigenvalue weighted by Gasteiger charge is -2.08. The molecule has 2 heteroatoms. The van der Waals surface area contributed by atoms with E-state index < -0.39 is 0 Å². The molecule has 2 aromatic carbocycles. The molecule has 0 amide bonds. The Morgan fingerprint density at radius 3 is 2.09 bits per heavy atom. The van der Waals surface area contributed by atoms with E-state index in [1.807, 2.05) is 58.9 Å². The van der Waals surface area contributed by atoms with Crippen molar-refractivity contribution in [2.45, 2.75) is 47.5 Å². The van der Waals surface area contributed by atoms with Crippen molar-refractivity contribution in [2.75, 3.05) is 0 Å². The Morgan fingerprint density at radius 2 is 1.52 bits per heavy atom. The average molecular weight is 314 g/mol. The second-order valence-corrected chi connectivity index (χ2v) is 4.72. The minimum absolute atomic E-state index is 0.297. The number of benzene rings is 2. The van der Waals surface area contributed by atoms with Crippen molar-refractivity contribution >= 4 is 6.08 Å². The van der Waals surface area contributed by atoms with Gasteiger partial charge in [0.25, 0.3) is 0 Å². The molecular weight excluding hydrogens is 284 g/mol. The zero-order chi connectivity index (χ0) is 17.8. The Morgan fingerprint density at radius 1 is 0.913 bits per heavy atom. The van der Waals surface area contributed by atoms with E-state index in [9.17, 15) is 10.2 Å². The first-order valence-electron chi connectivity index (χ1n) is 8.33. The van der Waals surface area contributed by atoms with Crippen molar-refractivity contribution in [3.05, 3.63) is 65.2 Å². The summed E-state index contributed by atoms with van der Waals surface area (Å²) in [5.74, 6) is 0.599. The highest BCUT2D eigenvalue weighted by molar-refractivity contribution is 5.59. The molecule has 0 aliphatic heterocycles. The summed E-state index contributed by atoms with van der Waals surface area (Å²) in [5, 5.41) is 19.3. The van der Waals surface area contributed by atoms with E-state index in [1.54, 1.807) is 18.2 Å². The summed E-state index contributed by atoms with van der Waals surface area (Å²) in [4.78, 5) is 0. The molecule has 2 nitrogen and oxygen atoms in total. The second-order valence-electron chi connectivity index (χ2n) is 4.72. The first-order chi connectivity index (χ1) is 11.1. The number of aryl methyl sites for hydroxylation is 3. The maximum Gasteiger partial charge on any atom is 0.125 e. The van der Waals surface area contributed by atoms with Crippen LogP contribution < -0.4 is 0 Å². The van der Waals surface area contributed by atoms with Crippen LogP contribution in [0.2, 0.25) is 0 Å². The van der Waals surface area contributed by atoms with Gasteiger partial charge in [-0.15, -0.1) is 0 Å². The molecule has 2 aromatic rings. The number of phenols is 2. The molecule has 2 rings (SSSR count). The normalized spacial score (nSPS) is 9.09. The highest BCUT2D eigenvalue weighted by atomic mass is 16.3. The largest absolute Gasteiger partial charge is 0.508 e. The number of hydrogen-bond acceptors (Lipinski definition) is 2. The highest BCUT2D eigenvalue weighted by Crippen LogP contribution is 2.25. The summed E-state index contributed by atoms with van der Waals surface area (Å²) in [7, 11) is 0. The van der Waals surface area contributed by atoms with Gasteiger partial charge in [-0.05, 0) is 54.7 Å². The van der Waals surface area contributed by atoms with Gasteiger partial charge in [0.1, 0.15) is 11.5 Å². The van der Waals surface area contributed by atoms with Gasteiger partial charge in [-0.2, -0.15) is 0 Å². The lowest BCUT2D eigenvalue weighted by molar-refractivity contribution is 0.469. The van der Waals surface area contributed by atoms with Gasteiger partial charge in [-0.25, -0.2) is 0 Å². The minimum Gasteiger partial charge on any atom is -0.508 e. The molecule has 0 aliphatic rings. The predicted octanol–water partition coefficient (Wildman–Crippen LogP) is 5.89. The van der Waals surface area contributed by atoms with Gasteiger partial charge in [-0.1, -0.05) is 58.5 Å². The average Bonchev–Trinajstić information content (AvgIpc) is 2.59. The maximum atomic E-state index is 9.84. The quantitative estimate of drug-likeness (QED) is 0.739. The molecule has 0 saturated carbocycles. The van der Waals surface area contributed by atoms with Crippen molar-refractivity contribution in [2.24, 2.45) is 0 Å². The van der Waals surface area contributed by atoms with Crippen molar-refractivity contribution in [3.63, 3.8) is 0 Å². The van der Waals surface area contributed by atoms with Crippen LogP contribution in [0.25, 0.3) is 6.08 Å². The van der Waals surface area contributed by atoms with Crippen molar-refractivity contribution in [3.8, 4) is 11.5 Å². The third kappa shape index (κ3) is 6.60. The summed E-state index contributed by atoms with van der Waals surface area (Å²) < 4.78 is 0. The molecule has 23 heavy (non-hydrogen) atoms. The van der Waals surface area contributed by atoms with E-state index in [2.05, 4.69) is 6.58 Å². The third-order valence-corrected chi connectivity index (χ3v) is 3.22. The summed E-state index contributed by atoms with van der Waals surface area (Å²) in [6, 6.07) is 11.2. The monoisotopic (exact) mass is 314 g/mol. The van der Waals surface area contributed by atoms with Crippen molar-refractivity contribution < 1.29 is 10.2 Å². The van der Waals surface area contributed by atoms with Crippen LogP contribution in [0.15, 0.2) is 43.0 Å². The van der Waals surface area contributed by atoms with Gasteiger partial charge in [0.05, 0.1) is 0 Å². The first kappa shape index (κ1) is 20.8. The number of hydrogen-bond donors (Lipinski definition) is 2. The zero-order valence-corrected chi connectivity index (χ0v) is 15.1. The molecule has 0 bridgehead atoms. The summed E-state index contributed by atoms with van der Waals surface area (Å²) in [6.45, 7) is 13.6. The molecule has 2 N–H and O–H groups in total. The predicted molar refractivity (Wildman–Crippen MR) is 101 cm³/mol. The van der Waals surface area contributed by atoms with E-state index in [-0.39, 0.29) is 0 Å². The van der Waals surface area contributed by atoms with E-state index in [1.165, 1.54) is 0 Å². The van der Waals surface area contributed by atoms with Gasteiger partial charge >= 0.3 is 0 Å². The van der Waals surface area contributed by atoms with Crippen LogP contribution in [0.3, 0.4) is 0 Å². The maximum absolute atomic E-state index is 9.84. The Kier molecular flexibility index (Phi) is 10.3. The van der Waals surface area contributed by atoms with E-state index >= 15 is 0 Å². The van der Waals surface area contributed by atoms with Crippen LogP contribution >= 0.6 is 0 Å². The molecule has 0 heterocycles. The SMILES string of the molecule is C=Cc1cc(CCc2cccc(O)c2)cc(C)c1O.CC.CC.